The second-order valence-corrected chi connectivity index (χ2v) is 5.58. The van der Waals surface area contributed by atoms with Crippen LogP contribution in [0.25, 0.3) is 0 Å². The largest absolute Gasteiger partial charge is 0.349 e. The van der Waals surface area contributed by atoms with E-state index in [0.717, 1.165) is 16.7 Å². The molecule has 1 fully saturated rings. The summed E-state index contributed by atoms with van der Waals surface area (Å²) < 4.78 is 1.11. The lowest BCUT2D eigenvalue weighted by Crippen LogP contribution is -2.36. The first kappa shape index (κ1) is 8.99. The van der Waals surface area contributed by atoms with Crippen molar-refractivity contribution in [3.8, 4) is 0 Å². The van der Waals surface area contributed by atoms with Gasteiger partial charge in [-0.15, -0.1) is 0 Å². The molecule has 0 aromatic heterocycles. The maximum atomic E-state index is 4.81. The van der Waals surface area contributed by atoms with Crippen molar-refractivity contribution in [1.82, 2.24) is 4.90 Å². The number of aliphatic imine (C=N–C) groups is 1. The van der Waals surface area contributed by atoms with Gasteiger partial charge in [0, 0.05) is 23.0 Å². The highest BCUT2D eigenvalue weighted by Crippen LogP contribution is 2.40. The Kier molecular flexibility index (Phi) is 1.67. The number of rotatable bonds is 0. The summed E-state index contributed by atoms with van der Waals surface area (Å²) in [7, 11) is 0. The van der Waals surface area contributed by atoms with E-state index in [-0.39, 0.29) is 0 Å². The maximum absolute atomic E-state index is 4.81. The molecule has 1 aromatic carbocycles. The number of amidine groups is 1. The van der Waals surface area contributed by atoms with Gasteiger partial charge in [-0.2, -0.15) is 0 Å². The van der Waals surface area contributed by atoms with Gasteiger partial charge in [-0.25, -0.2) is 4.99 Å². The van der Waals surface area contributed by atoms with Gasteiger partial charge in [0.25, 0.3) is 0 Å². The van der Waals surface area contributed by atoms with Gasteiger partial charge in [-0.05, 0) is 24.1 Å². The molecular formula is C13H11BrN2. The molecule has 16 heavy (non-hydrogen) atoms. The van der Waals surface area contributed by atoms with Gasteiger partial charge in [0.05, 0.1) is 5.69 Å². The second kappa shape index (κ2) is 2.98. The van der Waals surface area contributed by atoms with Crippen molar-refractivity contribution in [3.05, 3.63) is 40.4 Å². The van der Waals surface area contributed by atoms with Gasteiger partial charge >= 0.3 is 0 Å². The number of benzene rings is 1. The van der Waals surface area contributed by atoms with E-state index in [0.29, 0.717) is 12.0 Å². The molecular weight excluding hydrogens is 264 g/mol. The van der Waals surface area contributed by atoms with E-state index in [1.54, 1.807) is 0 Å². The van der Waals surface area contributed by atoms with Gasteiger partial charge in [0.1, 0.15) is 5.84 Å². The lowest BCUT2D eigenvalue weighted by molar-refractivity contribution is 0.378. The third-order valence-electron chi connectivity index (χ3n) is 3.71. The second-order valence-electron chi connectivity index (χ2n) is 4.67. The van der Waals surface area contributed by atoms with Crippen molar-refractivity contribution >= 4 is 27.5 Å². The SMILES string of the molecule is Brc1ccc2c(c1)N=C1C3C=CC(C3)N1C2. The van der Waals surface area contributed by atoms with E-state index in [9.17, 15) is 0 Å². The van der Waals surface area contributed by atoms with Crippen LogP contribution in [0.2, 0.25) is 0 Å². The highest BCUT2D eigenvalue weighted by Gasteiger charge is 2.40. The molecule has 1 saturated heterocycles. The Morgan fingerprint density at radius 3 is 3.19 bits per heavy atom. The van der Waals surface area contributed by atoms with Crippen LogP contribution in [-0.2, 0) is 6.54 Å². The molecule has 1 aromatic rings. The predicted octanol–water partition coefficient (Wildman–Crippen LogP) is 3.25. The zero-order valence-electron chi connectivity index (χ0n) is 8.73. The quantitative estimate of drug-likeness (QED) is 0.663. The van der Waals surface area contributed by atoms with Crippen molar-refractivity contribution in [2.75, 3.05) is 0 Å². The summed E-state index contributed by atoms with van der Waals surface area (Å²) in [4.78, 5) is 7.26. The molecule has 2 nitrogen and oxygen atoms in total. The zero-order valence-corrected chi connectivity index (χ0v) is 10.3. The topological polar surface area (TPSA) is 15.6 Å². The van der Waals surface area contributed by atoms with E-state index < -0.39 is 0 Å². The molecule has 0 spiro atoms. The smallest absolute Gasteiger partial charge is 0.113 e. The minimum absolute atomic E-state index is 0.567. The Labute approximate surface area is 103 Å². The van der Waals surface area contributed by atoms with Crippen LogP contribution in [0.4, 0.5) is 5.69 Å². The Morgan fingerprint density at radius 2 is 2.25 bits per heavy atom. The zero-order chi connectivity index (χ0) is 10.7. The van der Waals surface area contributed by atoms with Crippen LogP contribution < -0.4 is 0 Å². The van der Waals surface area contributed by atoms with Crippen LogP contribution in [0.5, 0.6) is 0 Å². The molecule has 0 radical (unpaired) electrons. The number of hydrogen-bond acceptors (Lipinski definition) is 2. The van der Waals surface area contributed by atoms with Crippen molar-refractivity contribution in [1.29, 1.82) is 0 Å². The fourth-order valence-electron chi connectivity index (χ4n) is 2.91. The maximum Gasteiger partial charge on any atom is 0.113 e. The van der Waals surface area contributed by atoms with E-state index in [1.807, 2.05) is 0 Å². The molecule has 2 unspecified atom stereocenters. The van der Waals surface area contributed by atoms with Gasteiger partial charge < -0.3 is 4.90 Å². The molecule has 1 aliphatic carbocycles. The minimum Gasteiger partial charge on any atom is -0.349 e. The number of nitrogens with zero attached hydrogens (tertiary/aromatic N) is 2. The molecule has 3 heteroatoms. The Hall–Kier alpha value is -1.09. The van der Waals surface area contributed by atoms with Crippen LogP contribution in [0.1, 0.15) is 12.0 Å². The molecule has 80 valence electrons. The molecule has 2 heterocycles. The standard InChI is InChI=1S/C13H11BrN2/c14-10-3-1-9-7-16-11-4-2-8(5-11)13(16)15-12(9)6-10/h1-4,6,8,11H,5,7H2. The van der Waals surface area contributed by atoms with Gasteiger partial charge in [0.15, 0.2) is 0 Å². The van der Waals surface area contributed by atoms with E-state index in [1.165, 1.54) is 17.8 Å². The first-order valence-electron chi connectivity index (χ1n) is 5.63. The van der Waals surface area contributed by atoms with Gasteiger partial charge in [-0.3, -0.25) is 0 Å². The van der Waals surface area contributed by atoms with Crippen molar-refractivity contribution in [2.24, 2.45) is 10.9 Å². The summed E-state index contributed by atoms with van der Waals surface area (Å²) >= 11 is 3.51. The number of hydrogen-bond donors (Lipinski definition) is 0. The summed E-state index contributed by atoms with van der Waals surface area (Å²) in [6, 6.07) is 6.99. The molecule has 2 bridgehead atoms. The first-order chi connectivity index (χ1) is 7.81. The number of fused-ring (bicyclic) bond motifs is 6. The van der Waals surface area contributed by atoms with Crippen LogP contribution in [0, 0.1) is 5.92 Å². The molecule has 0 saturated carbocycles. The molecule has 2 atom stereocenters. The number of halogens is 1. The van der Waals surface area contributed by atoms with Crippen molar-refractivity contribution in [3.63, 3.8) is 0 Å². The summed E-state index contributed by atoms with van der Waals surface area (Å²) in [6.45, 7) is 1.02. The normalized spacial score (nSPS) is 29.1. The summed E-state index contributed by atoms with van der Waals surface area (Å²) in [5.74, 6) is 1.84. The average Bonchev–Trinajstić information content (AvgIpc) is 2.87. The lowest BCUT2D eigenvalue weighted by atomic mass is 10.1. The highest BCUT2D eigenvalue weighted by atomic mass is 79.9. The predicted molar refractivity (Wildman–Crippen MR) is 67.8 cm³/mol. The fourth-order valence-corrected chi connectivity index (χ4v) is 3.26. The third-order valence-corrected chi connectivity index (χ3v) is 4.20. The van der Waals surface area contributed by atoms with Gasteiger partial charge in [0.2, 0.25) is 0 Å². The average molecular weight is 275 g/mol. The lowest BCUT2D eigenvalue weighted by Gasteiger charge is -2.31. The van der Waals surface area contributed by atoms with Crippen LogP contribution in [0.3, 0.4) is 0 Å². The van der Waals surface area contributed by atoms with Crippen LogP contribution in [0.15, 0.2) is 39.8 Å². The highest BCUT2D eigenvalue weighted by molar-refractivity contribution is 9.10. The summed E-state index contributed by atoms with van der Waals surface area (Å²) in [6.07, 6.45) is 5.87. The van der Waals surface area contributed by atoms with Crippen molar-refractivity contribution in [2.45, 2.75) is 19.0 Å². The molecule has 2 aliphatic heterocycles. The minimum atomic E-state index is 0.567. The van der Waals surface area contributed by atoms with Crippen LogP contribution >= 0.6 is 15.9 Å². The Balaban J connectivity index is 1.87. The molecule has 0 amide bonds. The summed E-state index contributed by atoms with van der Waals surface area (Å²) in [5, 5.41) is 0. The Bertz CT molecular complexity index is 533. The van der Waals surface area contributed by atoms with Gasteiger partial charge in [-0.1, -0.05) is 34.1 Å². The Morgan fingerprint density at radius 1 is 1.31 bits per heavy atom. The molecule has 3 aliphatic rings. The monoisotopic (exact) mass is 274 g/mol. The van der Waals surface area contributed by atoms with E-state index in [2.05, 4.69) is 51.2 Å². The van der Waals surface area contributed by atoms with E-state index in [4.69, 9.17) is 4.99 Å². The van der Waals surface area contributed by atoms with Crippen molar-refractivity contribution < 1.29 is 0 Å². The fraction of sp³-hybridized carbons (Fsp3) is 0.308. The summed E-state index contributed by atoms with van der Waals surface area (Å²) in [5.41, 5.74) is 2.48. The molecule has 0 N–H and O–H groups in total. The third kappa shape index (κ3) is 1.09. The van der Waals surface area contributed by atoms with E-state index >= 15 is 0 Å². The molecule has 4 rings (SSSR count). The van der Waals surface area contributed by atoms with Crippen LogP contribution in [-0.4, -0.2) is 16.8 Å². The first-order valence-corrected chi connectivity index (χ1v) is 6.42.